The van der Waals surface area contributed by atoms with Gasteiger partial charge in [0.25, 0.3) is 0 Å². The van der Waals surface area contributed by atoms with Crippen molar-refractivity contribution in [3.05, 3.63) is 35.4 Å². The quantitative estimate of drug-likeness (QED) is 0.402. The third-order valence-corrected chi connectivity index (χ3v) is 4.22. The molecule has 0 heteroatoms. The number of rotatable bonds is 9. The van der Waals surface area contributed by atoms with Crippen LogP contribution in [0.15, 0.2) is 24.3 Å². The molecule has 1 aromatic carbocycles. The fourth-order valence-electron chi connectivity index (χ4n) is 2.34. The van der Waals surface area contributed by atoms with E-state index in [4.69, 9.17) is 0 Å². The van der Waals surface area contributed by atoms with E-state index in [1.807, 2.05) is 0 Å². The predicted octanol–water partition coefficient (Wildman–Crippen LogP) is 8.29. The molecule has 0 radical (unpaired) electrons. The first kappa shape index (κ1) is 23.5. The number of benzene rings is 1. The summed E-state index contributed by atoms with van der Waals surface area (Å²) in [4.78, 5) is 0. The Bertz CT molecular complexity index is 301. The second kappa shape index (κ2) is 16.6. The first-order valence-electron chi connectivity index (χ1n) is 9.22. The molecule has 0 aliphatic carbocycles. The van der Waals surface area contributed by atoms with Crippen molar-refractivity contribution in [3.63, 3.8) is 0 Å². The normalized spacial score (nSPS) is 11.1. The number of unbranched alkanes of at least 4 members (excludes halogenated alkanes) is 7. The van der Waals surface area contributed by atoms with Crippen molar-refractivity contribution in [2.45, 2.75) is 106 Å². The molecule has 0 fully saturated rings. The van der Waals surface area contributed by atoms with Crippen LogP contribution in [0.3, 0.4) is 0 Å². The zero-order chi connectivity index (χ0) is 15.9. The van der Waals surface area contributed by atoms with Gasteiger partial charge in [0.15, 0.2) is 0 Å². The standard InChI is InChI=1S/C11H16.C10H22.CH4/c1-4-10(3)11-7-5-9(2)6-8-11;1-3-5-7-9-10-8-6-4-2;/h5-8,10H,4H2,1-3H3;3-10H2,1-2H3;1H4. The first-order chi connectivity index (χ1) is 10.2. The smallest absolute Gasteiger partial charge is 0.0193 e. The average Bonchev–Trinajstić information content (AvgIpc) is 2.51. The molecule has 0 aromatic heterocycles. The molecule has 1 unspecified atom stereocenters. The van der Waals surface area contributed by atoms with Crippen molar-refractivity contribution < 1.29 is 0 Å². The van der Waals surface area contributed by atoms with E-state index < -0.39 is 0 Å². The summed E-state index contributed by atoms with van der Waals surface area (Å²) in [6, 6.07) is 8.82. The lowest BCUT2D eigenvalue weighted by molar-refractivity contribution is 0.585. The Balaban J connectivity index is 0. The van der Waals surface area contributed by atoms with Gasteiger partial charge in [-0.15, -0.1) is 0 Å². The molecule has 1 aromatic rings. The van der Waals surface area contributed by atoms with Crippen LogP contribution in [0, 0.1) is 6.92 Å². The van der Waals surface area contributed by atoms with Crippen molar-refractivity contribution in [1.82, 2.24) is 0 Å². The highest BCUT2D eigenvalue weighted by atomic mass is 14.1. The molecule has 1 rings (SSSR count). The van der Waals surface area contributed by atoms with Gasteiger partial charge < -0.3 is 0 Å². The Labute approximate surface area is 141 Å². The molecule has 0 heterocycles. The van der Waals surface area contributed by atoms with E-state index in [1.165, 1.54) is 68.9 Å². The molecule has 0 saturated carbocycles. The van der Waals surface area contributed by atoms with Crippen LogP contribution in [-0.2, 0) is 0 Å². The zero-order valence-electron chi connectivity index (χ0n) is 15.3. The maximum atomic E-state index is 2.27. The maximum Gasteiger partial charge on any atom is -0.0193 e. The number of hydrogen-bond acceptors (Lipinski definition) is 0. The van der Waals surface area contributed by atoms with E-state index in [0.29, 0.717) is 5.92 Å². The van der Waals surface area contributed by atoms with Gasteiger partial charge in [-0.25, -0.2) is 0 Å². The Morgan fingerprint density at radius 2 is 1.14 bits per heavy atom. The lowest BCUT2D eigenvalue weighted by Crippen LogP contribution is -1.89. The molecule has 0 amide bonds. The Hall–Kier alpha value is -0.780. The number of aryl methyl sites for hydroxylation is 1. The second-order valence-electron chi connectivity index (χ2n) is 6.34. The molecule has 1 atom stereocenters. The predicted molar refractivity (Wildman–Crippen MR) is 105 cm³/mol. The summed E-state index contributed by atoms with van der Waals surface area (Å²) < 4.78 is 0. The molecule has 0 aliphatic heterocycles. The second-order valence-corrected chi connectivity index (χ2v) is 6.34. The van der Waals surface area contributed by atoms with E-state index in [-0.39, 0.29) is 7.43 Å². The van der Waals surface area contributed by atoms with Crippen LogP contribution in [0.25, 0.3) is 0 Å². The maximum absolute atomic E-state index is 2.27. The Morgan fingerprint density at radius 3 is 1.50 bits per heavy atom. The highest BCUT2D eigenvalue weighted by Gasteiger charge is 2.00. The number of hydrogen-bond donors (Lipinski definition) is 0. The monoisotopic (exact) mass is 306 g/mol. The SMILES string of the molecule is C.CCC(C)c1ccc(C)cc1.CCCCCCCCCC. The van der Waals surface area contributed by atoms with E-state index in [2.05, 4.69) is 58.9 Å². The third-order valence-electron chi connectivity index (χ3n) is 4.22. The van der Waals surface area contributed by atoms with Crippen LogP contribution < -0.4 is 0 Å². The largest absolute Gasteiger partial charge is 0.0776 e. The van der Waals surface area contributed by atoms with Gasteiger partial charge >= 0.3 is 0 Å². The Morgan fingerprint density at radius 1 is 0.727 bits per heavy atom. The van der Waals surface area contributed by atoms with Crippen LogP contribution in [-0.4, -0.2) is 0 Å². The lowest BCUT2D eigenvalue weighted by atomic mass is 9.98. The fourth-order valence-corrected chi connectivity index (χ4v) is 2.34. The molecular formula is C22H42. The summed E-state index contributed by atoms with van der Waals surface area (Å²) in [5.74, 6) is 0.704. The summed E-state index contributed by atoms with van der Waals surface area (Å²) >= 11 is 0. The Kier molecular flexibility index (Phi) is 17.7. The molecule has 0 nitrogen and oxygen atoms in total. The van der Waals surface area contributed by atoms with E-state index in [1.54, 1.807) is 0 Å². The third kappa shape index (κ3) is 12.9. The highest BCUT2D eigenvalue weighted by molar-refractivity contribution is 5.23. The molecular weight excluding hydrogens is 264 g/mol. The molecule has 0 aliphatic rings. The van der Waals surface area contributed by atoms with E-state index in [9.17, 15) is 0 Å². The highest BCUT2D eigenvalue weighted by Crippen LogP contribution is 2.18. The van der Waals surface area contributed by atoms with Gasteiger partial charge in [-0.05, 0) is 24.8 Å². The van der Waals surface area contributed by atoms with Gasteiger partial charge in [0.05, 0.1) is 0 Å². The van der Waals surface area contributed by atoms with Crippen LogP contribution >= 0.6 is 0 Å². The van der Waals surface area contributed by atoms with Crippen molar-refractivity contribution in [3.8, 4) is 0 Å². The molecule has 0 N–H and O–H groups in total. The first-order valence-corrected chi connectivity index (χ1v) is 9.22. The molecule has 0 saturated heterocycles. The van der Waals surface area contributed by atoms with Crippen molar-refractivity contribution in [2.24, 2.45) is 0 Å². The van der Waals surface area contributed by atoms with Gasteiger partial charge in [0.2, 0.25) is 0 Å². The average molecular weight is 307 g/mol. The van der Waals surface area contributed by atoms with Crippen molar-refractivity contribution in [1.29, 1.82) is 0 Å². The van der Waals surface area contributed by atoms with Crippen molar-refractivity contribution >= 4 is 0 Å². The summed E-state index contributed by atoms with van der Waals surface area (Å²) in [6.45, 7) is 11.2. The van der Waals surface area contributed by atoms with Gasteiger partial charge in [0.1, 0.15) is 0 Å². The van der Waals surface area contributed by atoms with E-state index in [0.717, 1.165) is 0 Å². The van der Waals surface area contributed by atoms with Gasteiger partial charge in [0, 0.05) is 0 Å². The van der Waals surface area contributed by atoms with Gasteiger partial charge in [-0.3, -0.25) is 0 Å². The summed E-state index contributed by atoms with van der Waals surface area (Å²) in [5.41, 5.74) is 2.80. The molecule has 130 valence electrons. The van der Waals surface area contributed by atoms with Crippen LogP contribution in [0.1, 0.15) is 110 Å². The van der Waals surface area contributed by atoms with Gasteiger partial charge in [-0.2, -0.15) is 0 Å². The fraction of sp³-hybridized carbons (Fsp3) is 0.727. The molecule has 22 heavy (non-hydrogen) atoms. The minimum atomic E-state index is 0. The topological polar surface area (TPSA) is 0 Å². The minimum Gasteiger partial charge on any atom is -0.0776 e. The van der Waals surface area contributed by atoms with Crippen LogP contribution in [0.4, 0.5) is 0 Å². The van der Waals surface area contributed by atoms with Crippen LogP contribution in [0.5, 0.6) is 0 Å². The summed E-state index contributed by atoms with van der Waals surface area (Å²) in [5, 5.41) is 0. The van der Waals surface area contributed by atoms with E-state index >= 15 is 0 Å². The molecule has 0 bridgehead atoms. The van der Waals surface area contributed by atoms with Crippen LogP contribution in [0.2, 0.25) is 0 Å². The van der Waals surface area contributed by atoms with Crippen molar-refractivity contribution in [2.75, 3.05) is 0 Å². The lowest BCUT2D eigenvalue weighted by Gasteiger charge is -2.07. The molecule has 0 spiro atoms. The van der Waals surface area contributed by atoms with Gasteiger partial charge in [-0.1, -0.05) is 116 Å². The summed E-state index contributed by atoms with van der Waals surface area (Å²) in [7, 11) is 0. The zero-order valence-corrected chi connectivity index (χ0v) is 15.3. The minimum absolute atomic E-state index is 0. The summed E-state index contributed by atoms with van der Waals surface area (Å²) in [6.07, 6.45) is 12.7.